The Morgan fingerprint density at radius 3 is 2.48 bits per heavy atom. The van der Waals surface area contributed by atoms with Crippen LogP contribution in [0.3, 0.4) is 0 Å². The van der Waals surface area contributed by atoms with E-state index in [9.17, 15) is 15.2 Å². The van der Waals surface area contributed by atoms with Gasteiger partial charge in [-0.15, -0.1) is 0 Å². The molecule has 2 aromatic carbocycles. The van der Waals surface area contributed by atoms with E-state index in [0.717, 1.165) is 0 Å². The number of hydrogen-bond donors (Lipinski definition) is 1. The van der Waals surface area contributed by atoms with Gasteiger partial charge < -0.3 is 9.84 Å². The number of ether oxygens (including phenoxy) is 1. The van der Waals surface area contributed by atoms with E-state index in [1.54, 1.807) is 36.4 Å². The van der Waals surface area contributed by atoms with Crippen LogP contribution in [0.25, 0.3) is 6.08 Å². The molecule has 2 aromatic rings. The van der Waals surface area contributed by atoms with Gasteiger partial charge in [-0.25, -0.2) is 0 Å². The van der Waals surface area contributed by atoms with E-state index in [4.69, 9.17) is 4.74 Å². The predicted octanol–water partition coefficient (Wildman–Crippen LogP) is 4.72. The first-order valence-electron chi connectivity index (χ1n) is 6.45. The minimum absolute atomic E-state index is 0.0113. The first-order chi connectivity index (χ1) is 11.0. The monoisotopic (exact) mass is 435 g/mol. The molecule has 0 aliphatic carbocycles. The molecular formula is C17H11Br2NO3. The van der Waals surface area contributed by atoms with Crippen LogP contribution >= 0.6 is 31.9 Å². The fourth-order valence-corrected chi connectivity index (χ4v) is 3.13. The van der Waals surface area contributed by atoms with Gasteiger partial charge in [0.1, 0.15) is 23.1 Å². The van der Waals surface area contributed by atoms with E-state index < -0.39 is 5.78 Å². The maximum absolute atomic E-state index is 12.5. The molecule has 0 bridgehead atoms. The smallest absolute Gasteiger partial charge is 0.203 e. The van der Waals surface area contributed by atoms with Crippen LogP contribution in [0.1, 0.15) is 15.9 Å². The lowest BCUT2D eigenvalue weighted by molar-refractivity contribution is 0.103. The fourth-order valence-electron chi connectivity index (χ4n) is 1.90. The number of nitrogens with zero attached hydrogens (tertiary/aromatic N) is 1. The number of aromatic hydroxyl groups is 1. The molecule has 0 radical (unpaired) electrons. The number of ketones is 1. The number of carbonyl (C=O) groups excluding carboxylic acids is 1. The Kier molecular flexibility index (Phi) is 5.59. The maximum atomic E-state index is 12.5. The minimum atomic E-state index is -0.397. The van der Waals surface area contributed by atoms with Crippen LogP contribution in [0.4, 0.5) is 0 Å². The minimum Gasteiger partial charge on any atom is -0.506 e. The molecule has 0 unspecified atom stereocenters. The largest absolute Gasteiger partial charge is 0.506 e. The summed E-state index contributed by atoms with van der Waals surface area (Å²) in [6.45, 7) is 0. The number of rotatable bonds is 4. The maximum Gasteiger partial charge on any atom is 0.203 e. The average Bonchev–Trinajstić information content (AvgIpc) is 2.56. The Balaban J connectivity index is 2.43. The van der Waals surface area contributed by atoms with Gasteiger partial charge in [-0.3, -0.25) is 4.79 Å². The van der Waals surface area contributed by atoms with Crippen molar-refractivity contribution in [1.29, 1.82) is 5.26 Å². The molecule has 6 heteroatoms. The normalized spacial score (nSPS) is 11.0. The van der Waals surface area contributed by atoms with E-state index >= 15 is 0 Å². The molecule has 0 fully saturated rings. The van der Waals surface area contributed by atoms with Gasteiger partial charge in [0.2, 0.25) is 5.78 Å². The number of benzene rings is 2. The highest BCUT2D eigenvalue weighted by atomic mass is 79.9. The van der Waals surface area contributed by atoms with Crippen LogP contribution < -0.4 is 4.74 Å². The van der Waals surface area contributed by atoms with E-state index in [0.29, 0.717) is 25.8 Å². The molecule has 0 amide bonds. The van der Waals surface area contributed by atoms with Crippen LogP contribution in [0.15, 0.2) is 50.9 Å². The van der Waals surface area contributed by atoms with Crippen LogP contribution in [0.2, 0.25) is 0 Å². The number of nitriles is 1. The number of phenolic OH excluding ortho intramolecular Hbond substituents is 1. The SMILES string of the molecule is COc1cccc(C(=O)/C(C#N)=C/c2cc(Br)c(O)c(Br)c2)c1. The Bertz CT molecular complexity index is 815. The summed E-state index contributed by atoms with van der Waals surface area (Å²) in [6, 6.07) is 11.8. The van der Waals surface area contributed by atoms with E-state index in [-0.39, 0.29) is 11.3 Å². The predicted molar refractivity (Wildman–Crippen MR) is 94.4 cm³/mol. The number of allylic oxidation sites excluding steroid dienone is 1. The van der Waals surface area contributed by atoms with Crippen molar-refractivity contribution >= 4 is 43.7 Å². The Morgan fingerprint density at radius 1 is 1.26 bits per heavy atom. The van der Waals surface area contributed by atoms with Crippen LogP contribution in [0, 0.1) is 11.3 Å². The van der Waals surface area contributed by atoms with Crippen molar-refractivity contribution in [2.24, 2.45) is 0 Å². The van der Waals surface area contributed by atoms with Crippen molar-refractivity contribution in [2.45, 2.75) is 0 Å². The summed E-state index contributed by atoms with van der Waals surface area (Å²) in [5.41, 5.74) is 0.964. The number of methoxy groups -OCH3 is 1. The zero-order chi connectivity index (χ0) is 17.0. The second kappa shape index (κ2) is 7.44. The number of halogens is 2. The molecule has 0 saturated carbocycles. The van der Waals surface area contributed by atoms with Gasteiger partial charge in [-0.1, -0.05) is 12.1 Å². The van der Waals surface area contributed by atoms with Crippen molar-refractivity contribution in [1.82, 2.24) is 0 Å². The molecule has 1 N–H and O–H groups in total. The van der Waals surface area contributed by atoms with Gasteiger partial charge in [0.05, 0.1) is 16.1 Å². The van der Waals surface area contributed by atoms with E-state index in [1.807, 2.05) is 6.07 Å². The average molecular weight is 437 g/mol. The second-order valence-corrected chi connectivity index (χ2v) is 6.27. The summed E-state index contributed by atoms with van der Waals surface area (Å²) >= 11 is 6.43. The Hall–Kier alpha value is -2.10. The van der Waals surface area contributed by atoms with Gasteiger partial charge in [-0.05, 0) is 67.8 Å². The third-order valence-electron chi connectivity index (χ3n) is 3.05. The summed E-state index contributed by atoms with van der Waals surface area (Å²) in [5, 5.41) is 19.0. The molecule has 0 aromatic heterocycles. The van der Waals surface area contributed by atoms with Crippen LogP contribution in [-0.2, 0) is 0 Å². The van der Waals surface area contributed by atoms with Crippen molar-refractivity contribution in [3.63, 3.8) is 0 Å². The Labute approximate surface area is 150 Å². The van der Waals surface area contributed by atoms with Crippen LogP contribution in [-0.4, -0.2) is 18.0 Å². The standard InChI is InChI=1S/C17H11Br2NO3/c1-23-13-4-2-3-11(8-13)16(21)12(9-20)5-10-6-14(18)17(22)15(19)7-10/h2-8,22H,1H3/b12-5+. The molecule has 116 valence electrons. The lowest BCUT2D eigenvalue weighted by atomic mass is 10.0. The first-order valence-corrected chi connectivity index (χ1v) is 8.03. The van der Waals surface area contributed by atoms with Gasteiger partial charge >= 0.3 is 0 Å². The zero-order valence-electron chi connectivity index (χ0n) is 12.0. The zero-order valence-corrected chi connectivity index (χ0v) is 15.2. The third-order valence-corrected chi connectivity index (χ3v) is 4.26. The number of hydrogen-bond acceptors (Lipinski definition) is 4. The highest BCUT2D eigenvalue weighted by Gasteiger charge is 2.14. The number of carbonyl (C=O) groups is 1. The van der Waals surface area contributed by atoms with E-state index in [2.05, 4.69) is 31.9 Å². The summed E-state index contributed by atoms with van der Waals surface area (Å²) in [4.78, 5) is 12.5. The molecule has 4 nitrogen and oxygen atoms in total. The summed E-state index contributed by atoms with van der Waals surface area (Å²) in [7, 11) is 1.51. The van der Waals surface area contributed by atoms with Gasteiger partial charge in [-0.2, -0.15) is 5.26 Å². The molecule has 23 heavy (non-hydrogen) atoms. The lowest BCUT2D eigenvalue weighted by Crippen LogP contribution is -2.02. The van der Waals surface area contributed by atoms with Crippen molar-refractivity contribution in [3.05, 3.63) is 62.0 Å². The Morgan fingerprint density at radius 2 is 1.91 bits per heavy atom. The molecule has 0 heterocycles. The third kappa shape index (κ3) is 4.01. The molecule has 0 spiro atoms. The molecule has 0 aliphatic heterocycles. The second-order valence-electron chi connectivity index (χ2n) is 4.56. The van der Waals surface area contributed by atoms with Gasteiger partial charge in [0, 0.05) is 5.56 Å². The fraction of sp³-hybridized carbons (Fsp3) is 0.0588. The van der Waals surface area contributed by atoms with Crippen molar-refractivity contribution < 1.29 is 14.6 Å². The van der Waals surface area contributed by atoms with Gasteiger partial charge in [0.25, 0.3) is 0 Å². The lowest BCUT2D eigenvalue weighted by Gasteiger charge is -2.05. The summed E-state index contributed by atoms with van der Waals surface area (Å²) in [6.07, 6.45) is 1.47. The van der Waals surface area contributed by atoms with E-state index in [1.165, 1.54) is 13.2 Å². The van der Waals surface area contributed by atoms with Crippen molar-refractivity contribution in [3.8, 4) is 17.6 Å². The van der Waals surface area contributed by atoms with Crippen LogP contribution in [0.5, 0.6) is 11.5 Å². The summed E-state index contributed by atoms with van der Waals surface area (Å²) in [5.74, 6) is 0.203. The highest BCUT2D eigenvalue weighted by Crippen LogP contribution is 2.34. The first kappa shape index (κ1) is 17.3. The molecular weight excluding hydrogens is 426 g/mol. The van der Waals surface area contributed by atoms with Gasteiger partial charge in [0.15, 0.2) is 0 Å². The molecule has 0 saturated heterocycles. The van der Waals surface area contributed by atoms with Crippen molar-refractivity contribution in [2.75, 3.05) is 7.11 Å². The summed E-state index contributed by atoms with van der Waals surface area (Å²) < 4.78 is 6.01. The molecule has 2 rings (SSSR count). The molecule has 0 atom stereocenters. The highest BCUT2D eigenvalue weighted by molar-refractivity contribution is 9.11. The molecule has 0 aliphatic rings. The quantitative estimate of drug-likeness (QED) is 0.427. The number of Topliss-reactive ketones (excluding diaryl/α,β-unsaturated/α-hetero) is 1. The number of phenols is 1. The topological polar surface area (TPSA) is 70.3 Å².